The number of carbonyl (C=O) groups is 3. The molecule has 0 aromatic heterocycles. The number of hydrogen-bond donors (Lipinski definition) is 1. The molecular formula is C30H29NO6. The van der Waals surface area contributed by atoms with E-state index in [1.807, 2.05) is 38.1 Å². The lowest BCUT2D eigenvalue weighted by Gasteiger charge is -2.26. The first-order valence-electron chi connectivity index (χ1n) is 12.2. The van der Waals surface area contributed by atoms with Gasteiger partial charge in [-0.3, -0.25) is 14.5 Å². The molecule has 1 unspecified atom stereocenters. The summed E-state index contributed by atoms with van der Waals surface area (Å²) >= 11 is 0. The number of carbonyl (C=O) groups excluding carboxylic acids is 3. The summed E-state index contributed by atoms with van der Waals surface area (Å²) in [5.41, 5.74) is 2.72. The third-order valence-electron chi connectivity index (χ3n) is 6.18. The third kappa shape index (κ3) is 5.11. The van der Waals surface area contributed by atoms with Crippen molar-refractivity contribution >= 4 is 29.1 Å². The second-order valence-corrected chi connectivity index (χ2v) is 8.67. The van der Waals surface area contributed by atoms with E-state index in [0.717, 1.165) is 12.0 Å². The standard InChI is InChI=1S/C30H29NO6/c1-4-18-37-23-16-12-20(13-17-23)27(32)25-26(24-9-7-6-8-19(24)3)31(29(34)28(25)33)22-14-10-21(11-15-22)30(35)36-5-2/h6-17,26,32H,4-5,18H2,1-3H3/b27-25+. The van der Waals surface area contributed by atoms with E-state index in [9.17, 15) is 19.5 Å². The monoisotopic (exact) mass is 499 g/mol. The van der Waals surface area contributed by atoms with Gasteiger partial charge in [0.05, 0.1) is 30.4 Å². The minimum atomic E-state index is -0.856. The number of aliphatic hydroxyl groups is 1. The average Bonchev–Trinajstić information content (AvgIpc) is 3.17. The van der Waals surface area contributed by atoms with Crippen molar-refractivity contribution < 1.29 is 29.0 Å². The van der Waals surface area contributed by atoms with E-state index in [1.54, 1.807) is 55.5 Å². The fraction of sp³-hybridized carbons (Fsp3) is 0.233. The molecule has 1 atom stereocenters. The van der Waals surface area contributed by atoms with Gasteiger partial charge in [-0.25, -0.2) is 4.79 Å². The highest BCUT2D eigenvalue weighted by molar-refractivity contribution is 6.51. The summed E-state index contributed by atoms with van der Waals surface area (Å²) in [6.45, 7) is 6.43. The number of Topliss-reactive ketones (excluding diaryl/α,β-unsaturated/α-hetero) is 1. The molecule has 0 spiro atoms. The van der Waals surface area contributed by atoms with Crippen LogP contribution in [0.4, 0.5) is 5.69 Å². The number of ether oxygens (including phenoxy) is 2. The predicted molar refractivity (Wildman–Crippen MR) is 141 cm³/mol. The van der Waals surface area contributed by atoms with Crippen LogP contribution in [0, 0.1) is 6.92 Å². The Hall–Kier alpha value is -4.39. The molecule has 1 saturated heterocycles. The number of aryl methyl sites for hydroxylation is 1. The SMILES string of the molecule is CCCOc1ccc(/C(O)=C2\C(=O)C(=O)N(c3ccc(C(=O)OCC)cc3)C2c2ccccc2C)cc1. The van der Waals surface area contributed by atoms with Gasteiger partial charge in [-0.1, -0.05) is 31.2 Å². The molecule has 1 heterocycles. The van der Waals surface area contributed by atoms with Crippen molar-refractivity contribution in [1.82, 2.24) is 0 Å². The number of rotatable bonds is 8. The summed E-state index contributed by atoms with van der Waals surface area (Å²) in [6.07, 6.45) is 0.863. The van der Waals surface area contributed by atoms with Crippen LogP contribution >= 0.6 is 0 Å². The van der Waals surface area contributed by atoms with Crippen LogP contribution in [0.1, 0.15) is 53.4 Å². The molecule has 190 valence electrons. The maximum Gasteiger partial charge on any atom is 0.338 e. The molecule has 1 fully saturated rings. The third-order valence-corrected chi connectivity index (χ3v) is 6.18. The molecule has 3 aromatic carbocycles. The first-order chi connectivity index (χ1) is 17.9. The van der Waals surface area contributed by atoms with Crippen molar-refractivity contribution in [2.75, 3.05) is 18.1 Å². The van der Waals surface area contributed by atoms with Crippen LogP contribution in [0.5, 0.6) is 5.75 Å². The summed E-state index contributed by atoms with van der Waals surface area (Å²) in [4.78, 5) is 40.2. The van der Waals surface area contributed by atoms with E-state index in [2.05, 4.69) is 0 Å². The lowest BCUT2D eigenvalue weighted by Crippen LogP contribution is -2.29. The Bertz CT molecular complexity index is 1340. The molecule has 1 amide bonds. The van der Waals surface area contributed by atoms with Gasteiger partial charge in [-0.05, 0) is 79.9 Å². The van der Waals surface area contributed by atoms with E-state index >= 15 is 0 Å². The Morgan fingerprint density at radius 2 is 1.57 bits per heavy atom. The molecular weight excluding hydrogens is 470 g/mol. The van der Waals surface area contributed by atoms with Crippen LogP contribution < -0.4 is 9.64 Å². The van der Waals surface area contributed by atoms with Crippen molar-refractivity contribution in [3.05, 3.63) is 101 Å². The minimum absolute atomic E-state index is 0.00371. The Balaban J connectivity index is 1.81. The molecule has 1 N–H and O–H groups in total. The van der Waals surface area contributed by atoms with Crippen LogP contribution in [0.25, 0.3) is 5.76 Å². The second-order valence-electron chi connectivity index (χ2n) is 8.67. The molecule has 7 heteroatoms. The zero-order chi connectivity index (χ0) is 26.5. The molecule has 0 bridgehead atoms. The normalized spacial score (nSPS) is 16.6. The molecule has 0 aliphatic carbocycles. The average molecular weight is 500 g/mol. The Labute approximate surface area is 215 Å². The smallest absolute Gasteiger partial charge is 0.338 e. The lowest BCUT2D eigenvalue weighted by atomic mass is 9.92. The zero-order valence-corrected chi connectivity index (χ0v) is 21.1. The number of amides is 1. The van der Waals surface area contributed by atoms with Crippen molar-refractivity contribution in [3.63, 3.8) is 0 Å². The van der Waals surface area contributed by atoms with Crippen molar-refractivity contribution in [2.24, 2.45) is 0 Å². The van der Waals surface area contributed by atoms with Gasteiger partial charge in [0.1, 0.15) is 11.5 Å². The highest BCUT2D eigenvalue weighted by Crippen LogP contribution is 2.43. The quantitative estimate of drug-likeness (QED) is 0.188. The number of nitrogens with zero attached hydrogens (tertiary/aromatic N) is 1. The molecule has 3 aromatic rings. The minimum Gasteiger partial charge on any atom is -0.507 e. The Morgan fingerprint density at radius 1 is 0.919 bits per heavy atom. The summed E-state index contributed by atoms with van der Waals surface area (Å²) in [7, 11) is 0. The summed E-state index contributed by atoms with van der Waals surface area (Å²) in [6, 6.07) is 19.6. The molecule has 37 heavy (non-hydrogen) atoms. The second kappa shape index (κ2) is 11.1. The topological polar surface area (TPSA) is 93.1 Å². The highest BCUT2D eigenvalue weighted by atomic mass is 16.5. The van der Waals surface area contributed by atoms with Gasteiger partial charge in [0.25, 0.3) is 11.7 Å². The molecule has 0 saturated carbocycles. The molecule has 4 rings (SSSR count). The number of ketones is 1. The van der Waals surface area contributed by atoms with Gasteiger partial charge in [-0.15, -0.1) is 0 Å². The lowest BCUT2D eigenvalue weighted by molar-refractivity contribution is -0.132. The number of esters is 1. The first kappa shape index (κ1) is 25.7. The Morgan fingerprint density at radius 3 is 2.19 bits per heavy atom. The number of benzene rings is 3. The highest BCUT2D eigenvalue weighted by Gasteiger charge is 2.47. The van der Waals surface area contributed by atoms with Crippen LogP contribution in [-0.2, 0) is 14.3 Å². The number of anilines is 1. The van der Waals surface area contributed by atoms with E-state index in [4.69, 9.17) is 9.47 Å². The fourth-order valence-corrected chi connectivity index (χ4v) is 4.34. The molecule has 1 aliphatic heterocycles. The molecule has 1 aliphatic rings. The van der Waals surface area contributed by atoms with E-state index in [-0.39, 0.29) is 17.9 Å². The largest absolute Gasteiger partial charge is 0.507 e. The maximum atomic E-state index is 13.4. The van der Waals surface area contributed by atoms with Gasteiger partial charge < -0.3 is 14.6 Å². The van der Waals surface area contributed by atoms with Crippen LogP contribution in [0.3, 0.4) is 0 Å². The summed E-state index contributed by atoms with van der Waals surface area (Å²) < 4.78 is 10.7. The fourth-order valence-electron chi connectivity index (χ4n) is 4.34. The van der Waals surface area contributed by atoms with Gasteiger partial charge >= 0.3 is 5.97 Å². The Kier molecular flexibility index (Phi) is 7.72. The van der Waals surface area contributed by atoms with Crippen LogP contribution in [0.15, 0.2) is 78.4 Å². The predicted octanol–water partition coefficient (Wildman–Crippen LogP) is 5.59. The van der Waals surface area contributed by atoms with Crippen molar-refractivity contribution in [1.29, 1.82) is 0 Å². The van der Waals surface area contributed by atoms with E-state index in [1.165, 1.54) is 4.90 Å². The maximum absolute atomic E-state index is 13.4. The van der Waals surface area contributed by atoms with E-state index in [0.29, 0.717) is 34.7 Å². The zero-order valence-electron chi connectivity index (χ0n) is 21.1. The summed E-state index contributed by atoms with van der Waals surface area (Å²) in [5, 5.41) is 11.3. The van der Waals surface area contributed by atoms with Gasteiger partial charge in [0.2, 0.25) is 0 Å². The number of aliphatic hydroxyl groups excluding tert-OH is 1. The van der Waals surface area contributed by atoms with Crippen molar-refractivity contribution in [2.45, 2.75) is 33.2 Å². The van der Waals surface area contributed by atoms with Crippen LogP contribution in [0.2, 0.25) is 0 Å². The van der Waals surface area contributed by atoms with Crippen LogP contribution in [-0.4, -0.2) is 36.0 Å². The first-order valence-corrected chi connectivity index (χ1v) is 12.2. The van der Waals surface area contributed by atoms with Gasteiger partial charge in [-0.2, -0.15) is 0 Å². The summed E-state index contributed by atoms with van der Waals surface area (Å²) in [5.74, 6) is -1.64. The number of hydrogen-bond acceptors (Lipinski definition) is 6. The van der Waals surface area contributed by atoms with Gasteiger partial charge in [0.15, 0.2) is 0 Å². The van der Waals surface area contributed by atoms with E-state index < -0.39 is 23.7 Å². The van der Waals surface area contributed by atoms with Gasteiger partial charge in [0, 0.05) is 11.3 Å². The molecule has 0 radical (unpaired) electrons. The molecule has 7 nitrogen and oxygen atoms in total. The van der Waals surface area contributed by atoms with Crippen molar-refractivity contribution in [3.8, 4) is 5.75 Å².